The van der Waals surface area contributed by atoms with Gasteiger partial charge in [-0.05, 0) is 45.7 Å². The number of rotatable bonds is 2. The smallest absolute Gasteiger partial charge is 0.399 e. The molecule has 0 bridgehead atoms. The summed E-state index contributed by atoms with van der Waals surface area (Å²) in [5.74, 6) is 0. The Morgan fingerprint density at radius 3 is 2.23 bits per heavy atom. The lowest BCUT2D eigenvalue weighted by Crippen LogP contribution is -2.41. The van der Waals surface area contributed by atoms with Gasteiger partial charge in [0.15, 0.2) is 0 Å². The number of hydrogen-bond donors (Lipinski definition) is 0. The van der Waals surface area contributed by atoms with E-state index in [1.165, 1.54) is 5.56 Å². The minimum atomic E-state index is -0.373. The molecule has 2 aromatic rings. The van der Waals surface area contributed by atoms with Crippen LogP contribution in [0.4, 0.5) is 0 Å². The third-order valence-corrected chi connectivity index (χ3v) is 4.64. The monoisotopic (exact) mass is 295 g/mol. The Kier molecular flexibility index (Phi) is 3.62. The van der Waals surface area contributed by atoms with Crippen LogP contribution in [0.2, 0.25) is 0 Å². The van der Waals surface area contributed by atoms with Crippen molar-refractivity contribution in [2.24, 2.45) is 0 Å². The van der Waals surface area contributed by atoms with E-state index in [-0.39, 0.29) is 18.3 Å². The Morgan fingerprint density at radius 2 is 1.59 bits per heavy atom. The molecule has 1 aliphatic heterocycles. The molecule has 1 saturated heterocycles. The van der Waals surface area contributed by atoms with Crippen LogP contribution in [0.1, 0.15) is 33.3 Å². The van der Waals surface area contributed by atoms with Gasteiger partial charge in [-0.2, -0.15) is 0 Å². The maximum Gasteiger partial charge on any atom is 0.496 e. The molecule has 2 heterocycles. The van der Waals surface area contributed by atoms with Gasteiger partial charge in [0, 0.05) is 17.9 Å². The third kappa shape index (κ3) is 2.69. The number of pyridine rings is 1. The first-order valence-corrected chi connectivity index (χ1v) is 7.66. The van der Waals surface area contributed by atoms with E-state index in [9.17, 15) is 0 Å². The average Bonchev–Trinajstić information content (AvgIpc) is 2.68. The average molecular weight is 295 g/mol. The van der Waals surface area contributed by atoms with Crippen molar-refractivity contribution in [3.05, 3.63) is 48.3 Å². The quantitative estimate of drug-likeness (QED) is 0.796. The molecule has 1 aromatic heterocycles. The van der Waals surface area contributed by atoms with Crippen molar-refractivity contribution in [2.75, 3.05) is 0 Å². The SMILES string of the molecule is Cc1cccc(-c2cncc(B3OC(C)(C)C(C)(C)O3)c2)c1. The van der Waals surface area contributed by atoms with Crippen LogP contribution in [0.25, 0.3) is 11.1 Å². The van der Waals surface area contributed by atoms with Gasteiger partial charge < -0.3 is 9.31 Å². The van der Waals surface area contributed by atoms with Crippen molar-refractivity contribution in [1.29, 1.82) is 0 Å². The van der Waals surface area contributed by atoms with Crippen LogP contribution in [0.15, 0.2) is 42.7 Å². The molecule has 0 amide bonds. The molecular weight excluding hydrogens is 273 g/mol. The Bertz CT molecular complexity index is 681. The zero-order valence-corrected chi connectivity index (χ0v) is 13.9. The topological polar surface area (TPSA) is 31.4 Å². The van der Waals surface area contributed by atoms with Gasteiger partial charge in [0.1, 0.15) is 0 Å². The molecule has 4 heteroatoms. The Labute approximate surface area is 132 Å². The second-order valence-corrected chi connectivity index (χ2v) is 6.96. The van der Waals surface area contributed by atoms with Gasteiger partial charge in [-0.3, -0.25) is 4.98 Å². The summed E-state index contributed by atoms with van der Waals surface area (Å²) >= 11 is 0. The zero-order valence-electron chi connectivity index (χ0n) is 13.9. The fraction of sp³-hybridized carbons (Fsp3) is 0.389. The maximum absolute atomic E-state index is 6.10. The van der Waals surface area contributed by atoms with E-state index in [0.717, 1.165) is 16.6 Å². The molecule has 0 radical (unpaired) electrons. The highest BCUT2D eigenvalue weighted by atomic mass is 16.7. The maximum atomic E-state index is 6.10. The van der Waals surface area contributed by atoms with Gasteiger partial charge in [0.2, 0.25) is 0 Å². The molecule has 3 nitrogen and oxygen atoms in total. The molecule has 1 fully saturated rings. The van der Waals surface area contributed by atoms with Crippen molar-refractivity contribution in [2.45, 2.75) is 45.8 Å². The fourth-order valence-corrected chi connectivity index (χ4v) is 2.55. The third-order valence-electron chi connectivity index (χ3n) is 4.64. The van der Waals surface area contributed by atoms with Gasteiger partial charge >= 0.3 is 7.12 Å². The minimum Gasteiger partial charge on any atom is -0.399 e. The molecule has 3 rings (SSSR count). The molecule has 0 atom stereocenters. The van der Waals surface area contributed by atoms with Crippen LogP contribution in [-0.2, 0) is 9.31 Å². The summed E-state index contributed by atoms with van der Waals surface area (Å²) in [4.78, 5) is 4.37. The Morgan fingerprint density at radius 1 is 0.909 bits per heavy atom. The van der Waals surface area contributed by atoms with E-state index >= 15 is 0 Å². The number of hydrogen-bond acceptors (Lipinski definition) is 3. The van der Waals surface area contributed by atoms with Gasteiger partial charge in [0.05, 0.1) is 11.2 Å². The highest BCUT2D eigenvalue weighted by Gasteiger charge is 2.51. The summed E-state index contributed by atoms with van der Waals surface area (Å²) in [5.41, 5.74) is 3.76. The van der Waals surface area contributed by atoms with Gasteiger partial charge in [-0.25, -0.2) is 0 Å². The normalized spacial score (nSPS) is 19.4. The molecule has 1 aromatic carbocycles. The van der Waals surface area contributed by atoms with Crippen molar-refractivity contribution in [3.63, 3.8) is 0 Å². The molecule has 0 aliphatic carbocycles. The molecule has 1 aliphatic rings. The molecule has 22 heavy (non-hydrogen) atoms. The van der Waals surface area contributed by atoms with Crippen LogP contribution in [0.3, 0.4) is 0 Å². The van der Waals surface area contributed by atoms with Crippen molar-refractivity contribution in [1.82, 2.24) is 4.98 Å². The fourth-order valence-electron chi connectivity index (χ4n) is 2.55. The summed E-state index contributed by atoms with van der Waals surface area (Å²) in [6.45, 7) is 10.3. The van der Waals surface area contributed by atoms with Crippen LogP contribution in [0, 0.1) is 6.92 Å². The molecule has 0 spiro atoms. The van der Waals surface area contributed by atoms with Crippen molar-refractivity contribution in [3.8, 4) is 11.1 Å². The summed E-state index contributed by atoms with van der Waals surface area (Å²) in [6, 6.07) is 10.5. The van der Waals surface area contributed by atoms with Gasteiger partial charge in [-0.15, -0.1) is 0 Å². The molecule has 0 N–H and O–H groups in total. The number of aryl methyl sites for hydroxylation is 1. The van der Waals surface area contributed by atoms with Gasteiger partial charge in [-0.1, -0.05) is 35.9 Å². The van der Waals surface area contributed by atoms with E-state index in [4.69, 9.17) is 9.31 Å². The van der Waals surface area contributed by atoms with Crippen LogP contribution < -0.4 is 5.46 Å². The van der Waals surface area contributed by atoms with E-state index in [0.29, 0.717) is 0 Å². The van der Waals surface area contributed by atoms with Crippen molar-refractivity contribution >= 4 is 12.6 Å². The highest BCUT2D eigenvalue weighted by molar-refractivity contribution is 6.62. The van der Waals surface area contributed by atoms with Crippen LogP contribution >= 0.6 is 0 Å². The minimum absolute atomic E-state index is 0.336. The summed E-state index contributed by atoms with van der Waals surface area (Å²) < 4.78 is 12.2. The first-order valence-electron chi connectivity index (χ1n) is 7.66. The lowest BCUT2D eigenvalue weighted by atomic mass is 9.79. The Balaban J connectivity index is 1.93. The highest BCUT2D eigenvalue weighted by Crippen LogP contribution is 2.36. The molecule has 114 valence electrons. The molecule has 0 unspecified atom stereocenters. The molecule has 0 saturated carbocycles. The summed E-state index contributed by atoms with van der Waals surface area (Å²) in [5, 5.41) is 0. The lowest BCUT2D eigenvalue weighted by Gasteiger charge is -2.32. The van der Waals surface area contributed by atoms with E-state index in [1.54, 1.807) is 0 Å². The van der Waals surface area contributed by atoms with Gasteiger partial charge in [0.25, 0.3) is 0 Å². The standard InChI is InChI=1S/C18H22BNO2/c1-13-7-6-8-14(9-13)15-10-16(12-20-11-15)19-21-17(2,3)18(4,5)22-19/h6-12H,1-5H3. The summed E-state index contributed by atoms with van der Waals surface area (Å²) in [6.07, 6.45) is 3.70. The van der Waals surface area contributed by atoms with Crippen LogP contribution in [0.5, 0.6) is 0 Å². The number of aromatic nitrogens is 1. The van der Waals surface area contributed by atoms with Crippen molar-refractivity contribution < 1.29 is 9.31 Å². The zero-order chi connectivity index (χ0) is 16.0. The first-order chi connectivity index (χ1) is 10.3. The lowest BCUT2D eigenvalue weighted by molar-refractivity contribution is 0.00578. The van der Waals surface area contributed by atoms with Crippen LogP contribution in [-0.4, -0.2) is 23.3 Å². The van der Waals surface area contributed by atoms with E-state index < -0.39 is 0 Å². The summed E-state index contributed by atoms with van der Waals surface area (Å²) in [7, 11) is -0.373. The first kappa shape index (κ1) is 15.3. The van der Waals surface area contributed by atoms with E-state index in [1.807, 2.05) is 12.4 Å². The Hall–Kier alpha value is -1.65. The second kappa shape index (κ2) is 5.22. The number of nitrogens with zero attached hydrogens (tertiary/aromatic N) is 1. The second-order valence-electron chi connectivity index (χ2n) is 6.96. The molecular formula is C18H22BNO2. The largest absolute Gasteiger partial charge is 0.496 e. The predicted molar refractivity (Wildman–Crippen MR) is 90.1 cm³/mol. The number of benzene rings is 1. The van der Waals surface area contributed by atoms with E-state index in [2.05, 4.69) is 69.9 Å². The predicted octanol–water partition coefficient (Wildman–Crippen LogP) is 3.36.